The number of esters is 1. The van der Waals surface area contributed by atoms with Gasteiger partial charge in [0.2, 0.25) is 0 Å². The Morgan fingerprint density at radius 3 is 2.22 bits per heavy atom. The third kappa shape index (κ3) is 3.54. The van der Waals surface area contributed by atoms with Gasteiger partial charge in [-0.3, -0.25) is 0 Å². The summed E-state index contributed by atoms with van der Waals surface area (Å²) in [5, 5.41) is 0. The van der Waals surface area contributed by atoms with Gasteiger partial charge in [0.05, 0.1) is 17.3 Å². The number of hydrogen-bond acceptors (Lipinski definition) is 4. The Kier molecular flexibility index (Phi) is 4.52. The van der Waals surface area contributed by atoms with E-state index in [0.717, 1.165) is 30.6 Å². The highest BCUT2D eigenvalue weighted by atomic mass is 16.7. The SMILES string of the molecule is C[C@@H]1O[C@@H](OC23CC4CC(CC(C4)C2)C3)CC[C@@H]1OC(=O)c1ccccc1. The second-order valence-corrected chi connectivity index (χ2v) is 9.38. The van der Waals surface area contributed by atoms with E-state index in [2.05, 4.69) is 0 Å². The Morgan fingerprint density at radius 2 is 1.63 bits per heavy atom. The average molecular weight is 370 g/mol. The molecule has 1 saturated heterocycles. The topological polar surface area (TPSA) is 44.8 Å². The second kappa shape index (κ2) is 6.89. The summed E-state index contributed by atoms with van der Waals surface area (Å²) < 4.78 is 18.5. The summed E-state index contributed by atoms with van der Waals surface area (Å²) in [5.41, 5.74) is 0.656. The lowest BCUT2D eigenvalue weighted by Crippen LogP contribution is -2.54. The largest absolute Gasteiger partial charge is 0.456 e. The lowest BCUT2D eigenvalue weighted by molar-refractivity contribution is -0.288. The quantitative estimate of drug-likeness (QED) is 0.719. The molecule has 1 aromatic carbocycles. The van der Waals surface area contributed by atoms with E-state index in [1.165, 1.54) is 38.5 Å². The van der Waals surface area contributed by atoms with Crippen molar-refractivity contribution in [2.75, 3.05) is 0 Å². The lowest BCUT2D eigenvalue weighted by Gasteiger charge is -2.57. The minimum absolute atomic E-state index is 0.0622. The highest BCUT2D eigenvalue weighted by molar-refractivity contribution is 5.89. The van der Waals surface area contributed by atoms with Crippen molar-refractivity contribution in [3.05, 3.63) is 35.9 Å². The molecule has 4 bridgehead atoms. The van der Waals surface area contributed by atoms with Gasteiger partial charge in [-0.1, -0.05) is 18.2 Å². The lowest BCUT2D eigenvalue weighted by atomic mass is 9.54. The molecule has 6 rings (SSSR count). The number of benzene rings is 1. The van der Waals surface area contributed by atoms with E-state index in [0.29, 0.717) is 5.56 Å². The van der Waals surface area contributed by atoms with Crippen LogP contribution in [0, 0.1) is 17.8 Å². The van der Waals surface area contributed by atoms with E-state index >= 15 is 0 Å². The van der Waals surface area contributed by atoms with Gasteiger partial charge in [0.15, 0.2) is 6.29 Å². The Balaban J connectivity index is 1.18. The van der Waals surface area contributed by atoms with E-state index in [-0.39, 0.29) is 30.1 Å². The predicted molar refractivity (Wildman–Crippen MR) is 101 cm³/mol. The smallest absolute Gasteiger partial charge is 0.338 e. The fourth-order valence-corrected chi connectivity index (χ4v) is 6.41. The zero-order valence-electron chi connectivity index (χ0n) is 16.1. The van der Waals surface area contributed by atoms with Gasteiger partial charge in [0, 0.05) is 6.42 Å². The van der Waals surface area contributed by atoms with Gasteiger partial charge in [0.1, 0.15) is 6.10 Å². The molecule has 4 aliphatic carbocycles. The molecule has 0 aromatic heterocycles. The van der Waals surface area contributed by atoms with Crippen LogP contribution in [0.25, 0.3) is 0 Å². The fraction of sp³-hybridized carbons (Fsp3) is 0.696. The fourth-order valence-electron chi connectivity index (χ4n) is 6.41. The van der Waals surface area contributed by atoms with Crippen molar-refractivity contribution in [2.45, 2.75) is 82.4 Å². The van der Waals surface area contributed by atoms with Gasteiger partial charge in [0.25, 0.3) is 0 Å². The molecule has 0 spiro atoms. The third-order valence-corrected chi connectivity index (χ3v) is 7.21. The minimum atomic E-state index is -0.267. The standard InChI is InChI=1S/C23H30O4/c1-15-20(26-22(24)19-5-3-2-4-6-19)7-8-21(25-15)27-23-12-16-9-17(13-23)11-18(10-16)14-23/h2-6,15-18,20-21H,7-14H2,1H3/t15-,16?,17?,18?,20-,21-,23?/m0/s1. The molecular formula is C23H30O4. The van der Waals surface area contributed by atoms with Crippen LogP contribution < -0.4 is 0 Å². The van der Waals surface area contributed by atoms with E-state index in [1.54, 1.807) is 12.1 Å². The summed E-state index contributed by atoms with van der Waals surface area (Å²) in [6.45, 7) is 2.00. The van der Waals surface area contributed by atoms with Crippen LogP contribution in [0.1, 0.15) is 68.6 Å². The molecule has 4 nitrogen and oxygen atoms in total. The summed E-state index contributed by atoms with van der Waals surface area (Å²) >= 11 is 0. The van der Waals surface area contributed by atoms with Crippen molar-refractivity contribution >= 4 is 5.97 Å². The van der Waals surface area contributed by atoms with Gasteiger partial charge in [-0.25, -0.2) is 4.79 Å². The molecule has 5 aliphatic rings. The van der Waals surface area contributed by atoms with E-state index in [1.807, 2.05) is 25.1 Å². The monoisotopic (exact) mass is 370 g/mol. The van der Waals surface area contributed by atoms with Crippen LogP contribution in [-0.4, -0.2) is 30.1 Å². The Morgan fingerprint density at radius 1 is 1.00 bits per heavy atom. The molecule has 0 radical (unpaired) electrons. The predicted octanol–water partition coefficient (Wildman–Crippen LogP) is 4.72. The van der Waals surface area contributed by atoms with E-state index in [4.69, 9.17) is 14.2 Å². The average Bonchev–Trinajstić information content (AvgIpc) is 2.63. The van der Waals surface area contributed by atoms with Crippen molar-refractivity contribution in [2.24, 2.45) is 17.8 Å². The first kappa shape index (κ1) is 17.7. The molecule has 27 heavy (non-hydrogen) atoms. The molecule has 5 fully saturated rings. The number of carbonyl (C=O) groups is 1. The molecule has 4 heteroatoms. The first-order chi connectivity index (χ1) is 13.1. The Hall–Kier alpha value is -1.39. The van der Waals surface area contributed by atoms with Crippen LogP contribution in [0.4, 0.5) is 0 Å². The van der Waals surface area contributed by atoms with Crippen LogP contribution in [0.15, 0.2) is 30.3 Å². The zero-order chi connectivity index (χ0) is 18.4. The number of ether oxygens (including phenoxy) is 3. The summed E-state index contributed by atoms with van der Waals surface area (Å²) in [5.74, 6) is 2.35. The maximum Gasteiger partial charge on any atom is 0.338 e. The van der Waals surface area contributed by atoms with Crippen molar-refractivity contribution in [3.63, 3.8) is 0 Å². The summed E-state index contributed by atoms with van der Waals surface area (Å²) in [6.07, 6.45) is 9.04. The molecule has 0 amide bonds. The maximum absolute atomic E-state index is 12.3. The molecule has 1 aliphatic heterocycles. The molecule has 4 saturated carbocycles. The zero-order valence-corrected chi connectivity index (χ0v) is 16.1. The number of hydrogen-bond donors (Lipinski definition) is 0. The minimum Gasteiger partial charge on any atom is -0.456 e. The molecule has 0 unspecified atom stereocenters. The Bertz CT molecular complexity index is 650. The van der Waals surface area contributed by atoms with Crippen LogP contribution in [0.2, 0.25) is 0 Å². The molecule has 3 atom stereocenters. The Labute approximate surface area is 161 Å². The molecule has 146 valence electrons. The van der Waals surface area contributed by atoms with Crippen molar-refractivity contribution in [1.82, 2.24) is 0 Å². The second-order valence-electron chi connectivity index (χ2n) is 9.38. The van der Waals surface area contributed by atoms with Crippen molar-refractivity contribution in [3.8, 4) is 0 Å². The first-order valence-electron chi connectivity index (χ1n) is 10.7. The highest BCUT2D eigenvalue weighted by Crippen LogP contribution is 2.57. The van der Waals surface area contributed by atoms with Gasteiger partial charge in [-0.15, -0.1) is 0 Å². The first-order valence-corrected chi connectivity index (χ1v) is 10.7. The molecule has 1 aromatic rings. The van der Waals surface area contributed by atoms with Crippen molar-refractivity contribution < 1.29 is 19.0 Å². The van der Waals surface area contributed by atoms with Crippen LogP contribution >= 0.6 is 0 Å². The summed E-state index contributed by atoms with van der Waals surface area (Å²) in [7, 11) is 0. The normalized spacial score (nSPS) is 42.9. The third-order valence-electron chi connectivity index (χ3n) is 7.21. The summed E-state index contributed by atoms with van der Waals surface area (Å²) in [6, 6.07) is 9.18. The van der Waals surface area contributed by atoms with Crippen LogP contribution in [0.5, 0.6) is 0 Å². The molecular weight excluding hydrogens is 340 g/mol. The van der Waals surface area contributed by atoms with Crippen molar-refractivity contribution in [1.29, 1.82) is 0 Å². The van der Waals surface area contributed by atoms with Gasteiger partial charge in [-0.05, 0) is 81.8 Å². The number of rotatable bonds is 4. The van der Waals surface area contributed by atoms with Gasteiger partial charge in [-0.2, -0.15) is 0 Å². The molecule has 0 N–H and O–H groups in total. The maximum atomic E-state index is 12.3. The van der Waals surface area contributed by atoms with E-state index < -0.39 is 0 Å². The van der Waals surface area contributed by atoms with Crippen LogP contribution in [-0.2, 0) is 14.2 Å². The number of carbonyl (C=O) groups excluding carboxylic acids is 1. The molecule has 1 heterocycles. The summed E-state index contributed by atoms with van der Waals surface area (Å²) in [4.78, 5) is 12.3. The highest BCUT2D eigenvalue weighted by Gasteiger charge is 2.53. The van der Waals surface area contributed by atoms with Crippen LogP contribution in [0.3, 0.4) is 0 Å². The van der Waals surface area contributed by atoms with Gasteiger partial charge >= 0.3 is 5.97 Å². The van der Waals surface area contributed by atoms with E-state index in [9.17, 15) is 4.79 Å². The van der Waals surface area contributed by atoms with Gasteiger partial charge < -0.3 is 14.2 Å².